The van der Waals surface area contributed by atoms with Crippen LogP contribution in [0.15, 0.2) is 24.3 Å². The van der Waals surface area contributed by atoms with E-state index in [0.717, 1.165) is 44.9 Å². The summed E-state index contributed by atoms with van der Waals surface area (Å²) in [6.45, 7) is 3.58. The summed E-state index contributed by atoms with van der Waals surface area (Å²) >= 11 is 0. The minimum absolute atomic E-state index is 0.252. The van der Waals surface area contributed by atoms with Gasteiger partial charge < -0.3 is 46.0 Å². The maximum Gasteiger partial charge on any atom is 0.472 e. The van der Waals surface area contributed by atoms with Crippen molar-refractivity contribution in [1.29, 1.82) is 0 Å². The molecule has 48 heavy (non-hydrogen) atoms. The second-order valence-electron chi connectivity index (χ2n) is 12.9. The van der Waals surface area contributed by atoms with Gasteiger partial charge in [0.05, 0.1) is 31.3 Å². The highest BCUT2D eigenvalue weighted by Crippen LogP contribution is 2.47. The van der Waals surface area contributed by atoms with Crippen molar-refractivity contribution < 1.29 is 59.0 Å². The molecule has 1 fully saturated rings. The van der Waals surface area contributed by atoms with E-state index in [0.29, 0.717) is 6.42 Å². The van der Waals surface area contributed by atoms with E-state index in [9.17, 15) is 50.0 Å². The fourth-order valence-corrected chi connectivity index (χ4v) is 6.44. The van der Waals surface area contributed by atoms with E-state index >= 15 is 0 Å². The maximum atomic E-state index is 12.8. The van der Waals surface area contributed by atoms with Gasteiger partial charge in [0.15, 0.2) is 0 Å². The smallest absolute Gasteiger partial charge is 0.392 e. The van der Waals surface area contributed by atoms with Gasteiger partial charge in [0.1, 0.15) is 36.6 Å². The molecule has 0 radical (unpaired) electrons. The molecular formula is C34H64NO12P. The molecule has 0 heterocycles. The zero-order valence-corrected chi connectivity index (χ0v) is 29.8. The Morgan fingerprint density at radius 1 is 0.729 bits per heavy atom. The fraction of sp³-hybridized carbons (Fsp3) is 0.853. The standard InChI is InChI=1S/C34H64NO12P/c1-3-5-7-9-11-12-13-14-16-18-20-22-27(37)26(35-28(38)23-25(36)21-19-17-15-10-8-6-4-2)24-46-48(44,45)47-34-32(42)30(40)29(39)31(41)33(34)43/h17,19-20,22,25-27,29-34,36-37,39-43H,3-16,18,21,23-24H2,1-2H3,(H,35,38)(H,44,45)/b19-17-,22-20+. The largest absolute Gasteiger partial charge is 0.472 e. The summed E-state index contributed by atoms with van der Waals surface area (Å²) in [5.41, 5.74) is 0. The Balaban J connectivity index is 2.75. The van der Waals surface area contributed by atoms with Crippen molar-refractivity contribution in [2.45, 2.75) is 178 Å². The Kier molecular flexibility index (Phi) is 24.0. The van der Waals surface area contributed by atoms with E-state index < -0.39 is 75.2 Å². The van der Waals surface area contributed by atoms with Gasteiger partial charge >= 0.3 is 7.82 Å². The molecule has 0 aromatic rings. The Labute approximate surface area is 286 Å². The van der Waals surface area contributed by atoms with Crippen LogP contribution in [0.3, 0.4) is 0 Å². The molecule has 0 spiro atoms. The molecule has 0 saturated heterocycles. The minimum Gasteiger partial charge on any atom is -0.392 e. The Morgan fingerprint density at radius 2 is 1.21 bits per heavy atom. The van der Waals surface area contributed by atoms with Gasteiger partial charge in [0.25, 0.3) is 0 Å². The molecule has 8 atom stereocenters. The predicted molar refractivity (Wildman–Crippen MR) is 183 cm³/mol. The highest BCUT2D eigenvalue weighted by atomic mass is 31.2. The van der Waals surface area contributed by atoms with Gasteiger partial charge in [-0.2, -0.15) is 0 Å². The molecule has 1 rings (SSSR count). The molecular weight excluding hydrogens is 645 g/mol. The number of hydrogen-bond donors (Lipinski definition) is 9. The van der Waals surface area contributed by atoms with E-state index in [-0.39, 0.29) is 12.8 Å². The van der Waals surface area contributed by atoms with E-state index in [4.69, 9.17) is 9.05 Å². The number of amides is 1. The number of rotatable bonds is 27. The lowest BCUT2D eigenvalue weighted by Gasteiger charge is -2.41. The van der Waals surface area contributed by atoms with E-state index in [1.807, 2.05) is 12.2 Å². The second-order valence-corrected chi connectivity index (χ2v) is 14.3. The Morgan fingerprint density at radius 3 is 1.77 bits per heavy atom. The number of aliphatic hydroxyl groups is 7. The molecule has 8 unspecified atom stereocenters. The van der Waals surface area contributed by atoms with Gasteiger partial charge in [0, 0.05) is 0 Å². The van der Waals surface area contributed by atoms with Crippen molar-refractivity contribution in [3.8, 4) is 0 Å². The predicted octanol–water partition coefficient (Wildman–Crippen LogP) is 3.30. The highest BCUT2D eigenvalue weighted by molar-refractivity contribution is 7.47. The monoisotopic (exact) mass is 709 g/mol. The first-order valence-corrected chi connectivity index (χ1v) is 19.4. The third-order valence-electron chi connectivity index (χ3n) is 8.53. The number of unbranched alkanes of at least 4 members (excludes halogenated alkanes) is 13. The molecule has 1 aliphatic carbocycles. The van der Waals surface area contributed by atoms with Crippen LogP contribution in [0, 0.1) is 0 Å². The summed E-state index contributed by atoms with van der Waals surface area (Å²) in [6.07, 6.45) is 9.13. The number of carbonyl (C=O) groups is 1. The zero-order valence-electron chi connectivity index (χ0n) is 28.9. The van der Waals surface area contributed by atoms with Crippen molar-refractivity contribution in [3.63, 3.8) is 0 Å². The number of hydrogen-bond acceptors (Lipinski definition) is 11. The molecule has 14 heteroatoms. The number of phosphoric ester groups is 1. The lowest BCUT2D eigenvalue weighted by Crippen LogP contribution is -2.64. The van der Waals surface area contributed by atoms with Crippen molar-refractivity contribution in [2.75, 3.05) is 6.61 Å². The SMILES string of the molecule is CCCCCC/C=C\CC(O)CC(=O)NC(COP(=O)(O)OC1C(O)C(O)C(O)C(O)C1O)C(O)/C=C/CCCCCCCCCCC. The van der Waals surface area contributed by atoms with Gasteiger partial charge in [-0.15, -0.1) is 0 Å². The van der Waals surface area contributed by atoms with Crippen LogP contribution in [0.1, 0.15) is 123 Å². The second kappa shape index (κ2) is 25.7. The Hall–Kier alpha value is -1.22. The van der Waals surface area contributed by atoms with Gasteiger partial charge in [-0.1, -0.05) is 109 Å². The van der Waals surface area contributed by atoms with Crippen LogP contribution in [0.4, 0.5) is 0 Å². The normalized spacial score (nSPS) is 26.5. The Bertz CT molecular complexity index is 937. The number of nitrogens with one attached hydrogen (secondary N) is 1. The summed E-state index contributed by atoms with van der Waals surface area (Å²) in [7, 11) is -5.13. The molecule has 0 aliphatic heterocycles. The lowest BCUT2D eigenvalue weighted by molar-refractivity contribution is -0.220. The average Bonchev–Trinajstić information content (AvgIpc) is 3.05. The van der Waals surface area contributed by atoms with Crippen molar-refractivity contribution in [2.24, 2.45) is 0 Å². The highest BCUT2D eigenvalue weighted by Gasteiger charge is 2.51. The molecule has 1 saturated carbocycles. The number of phosphoric acid groups is 1. The lowest BCUT2D eigenvalue weighted by atomic mass is 9.85. The molecule has 0 aromatic carbocycles. The first-order chi connectivity index (χ1) is 22.8. The van der Waals surface area contributed by atoms with Gasteiger partial charge in [-0.3, -0.25) is 13.8 Å². The van der Waals surface area contributed by atoms with Gasteiger partial charge in [0.2, 0.25) is 5.91 Å². The third-order valence-corrected chi connectivity index (χ3v) is 9.52. The number of carbonyl (C=O) groups excluding carboxylic acids is 1. The van der Waals surface area contributed by atoms with Gasteiger partial charge in [-0.05, 0) is 32.1 Å². The topological polar surface area (TPSA) is 226 Å². The molecule has 13 nitrogen and oxygen atoms in total. The summed E-state index contributed by atoms with van der Waals surface area (Å²) in [5.74, 6) is -0.633. The minimum atomic E-state index is -5.13. The number of allylic oxidation sites excluding steroid dienone is 2. The van der Waals surface area contributed by atoms with Crippen LogP contribution in [-0.4, -0.2) is 108 Å². The summed E-state index contributed by atoms with van der Waals surface area (Å²) < 4.78 is 22.6. The van der Waals surface area contributed by atoms with E-state index in [2.05, 4.69) is 19.2 Å². The molecule has 0 aromatic heterocycles. The van der Waals surface area contributed by atoms with E-state index in [1.54, 1.807) is 6.08 Å². The molecule has 1 amide bonds. The van der Waals surface area contributed by atoms with Crippen LogP contribution in [0.25, 0.3) is 0 Å². The van der Waals surface area contributed by atoms with Gasteiger partial charge in [-0.25, -0.2) is 4.57 Å². The quantitative estimate of drug-likeness (QED) is 0.0340. The molecule has 0 bridgehead atoms. The van der Waals surface area contributed by atoms with Crippen LogP contribution in [0.5, 0.6) is 0 Å². The maximum absolute atomic E-state index is 12.8. The summed E-state index contributed by atoms with van der Waals surface area (Å²) in [6, 6.07) is -1.25. The van der Waals surface area contributed by atoms with E-state index in [1.165, 1.54) is 51.0 Å². The fourth-order valence-electron chi connectivity index (χ4n) is 5.47. The summed E-state index contributed by atoms with van der Waals surface area (Å²) in [4.78, 5) is 23.1. The molecule has 1 aliphatic rings. The number of aliphatic hydroxyl groups excluding tert-OH is 7. The van der Waals surface area contributed by atoms with Crippen molar-refractivity contribution >= 4 is 13.7 Å². The first kappa shape index (κ1) is 44.8. The van der Waals surface area contributed by atoms with Crippen molar-refractivity contribution in [1.82, 2.24) is 5.32 Å². The first-order valence-electron chi connectivity index (χ1n) is 17.9. The van der Waals surface area contributed by atoms with Crippen LogP contribution in [0.2, 0.25) is 0 Å². The van der Waals surface area contributed by atoms with Crippen LogP contribution < -0.4 is 5.32 Å². The average molecular weight is 710 g/mol. The van der Waals surface area contributed by atoms with Crippen molar-refractivity contribution in [3.05, 3.63) is 24.3 Å². The molecule has 9 N–H and O–H groups in total. The third kappa shape index (κ3) is 18.7. The van der Waals surface area contributed by atoms with Crippen LogP contribution >= 0.6 is 7.82 Å². The summed E-state index contributed by atoms with van der Waals surface area (Å²) in [5, 5.41) is 73.6. The molecule has 282 valence electrons. The zero-order chi connectivity index (χ0) is 36.0. The van der Waals surface area contributed by atoms with Crippen LogP contribution in [-0.2, 0) is 18.4 Å².